The van der Waals surface area contributed by atoms with Crippen molar-refractivity contribution >= 4 is 23.1 Å². The standard InChI is InChI=1S/C11H18ClN5/c1-11(2)7-17(5-4-16(11)3)9-8(13)6-14-10(12)15-9/h6H,4-5,7,13H2,1-3H3. The number of nitrogen functional groups attached to an aromatic ring is 1. The van der Waals surface area contributed by atoms with Crippen molar-refractivity contribution in [2.75, 3.05) is 37.3 Å². The van der Waals surface area contributed by atoms with E-state index in [0.29, 0.717) is 5.69 Å². The molecule has 0 radical (unpaired) electrons. The number of nitrogens with zero attached hydrogens (tertiary/aromatic N) is 4. The lowest BCUT2D eigenvalue weighted by Crippen LogP contribution is -2.58. The number of anilines is 2. The summed E-state index contributed by atoms with van der Waals surface area (Å²) in [5.74, 6) is 0.742. The van der Waals surface area contributed by atoms with Gasteiger partial charge in [0.15, 0.2) is 5.82 Å². The van der Waals surface area contributed by atoms with Gasteiger partial charge in [-0.1, -0.05) is 0 Å². The summed E-state index contributed by atoms with van der Waals surface area (Å²) >= 11 is 5.82. The van der Waals surface area contributed by atoms with Gasteiger partial charge in [0.25, 0.3) is 0 Å². The van der Waals surface area contributed by atoms with Crippen molar-refractivity contribution in [2.45, 2.75) is 19.4 Å². The Hall–Kier alpha value is -1.07. The zero-order valence-corrected chi connectivity index (χ0v) is 11.2. The Morgan fingerprint density at radius 3 is 2.76 bits per heavy atom. The molecule has 0 atom stereocenters. The van der Waals surface area contributed by atoms with Crippen molar-refractivity contribution in [1.82, 2.24) is 14.9 Å². The highest BCUT2D eigenvalue weighted by molar-refractivity contribution is 6.28. The van der Waals surface area contributed by atoms with Gasteiger partial charge < -0.3 is 10.6 Å². The zero-order valence-electron chi connectivity index (χ0n) is 10.4. The van der Waals surface area contributed by atoms with E-state index in [2.05, 4.69) is 40.7 Å². The fourth-order valence-electron chi connectivity index (χ4n) is 2.04. The van der Waals surface area contributed by atoms with E-state index < -0.39 is 0 Å². The van der Waals surface area contributed by atoms with Crippen LogP contribution in [0, 0.1) is 0 Å². The first-order chi connectivity index (χ1) is 7.90. The summed E-state index contributed by atoms with van der Waals surface area (Å²) in [5, 5.41) is 0.242. The number of rotatable bonds is 1. The van der Waals surface area contributed by atoms with E-state index in [-0.39, 0.29) is 10.8 Å². The predicted molar refractivity (Wildman–Crippen MR) is 70.4 cm³/mol. The number of halogens is 1. The Morgan fingerprint density at radius 1 is 1.41 bits per heavy atom. The lowest BCUT2D eigenvalue weighted by Gasteiger charge is -2.45. The average molecular weight is 256 g/mol. The number of hydrogen-bond acceptors (Lipinski definition) is 5. The van der Waals surface area contributed by atoms with E-state index in [4.69, 9.17) is 17.3 Å². The fourth-order valence-corrected chi connectivity index (χ4v) is 2.16. The Morgan fingerprint density at radius 2 is 2.12 bits per heavy atom. The number of nitrogens with two attached hydrogens (primary N) is 1. The van der Waals surface area contributed by atoms with Crippen LogP contribution in [0.4, 0.5) is 11.5 Å². The van der Waals surface area contributed by atoms with E-state index >= 15 is 0 Å². The lowest BCUT2D eigenvalue weighted by molar-refractivity contribution is 0.138. The Labute approximate surface area is 107 Å². The fraction of sp³-hybridized carbons (Fsp3) is 0.636. The van der Waals surface area contributed by atoms with Crippen LogP contribution in [0.2, 0.25) is 5.28 Å². The van der Waals surface area contributed by atoms with E-state index in [1.165, 1.54) is 0 Å². The molecule has 94 valence electrons. The quantitative estimate of drug-likeness (QED) is 0.766. The van der Waals surface area contributed by atoms with Crippen LogP contribution < -0.4 is 10.6 Å². The van der Waals surface area contributed by atoms with Crippen LogP contribution >= 0.6 is 11.6 Å². The molecule has 0 aromatic carbocycles. The van der Waals surface area contributed by atoms with Gasteiger partial charge in [-0.2, -0.15) is 4.98 Å². The monoisotopic (exact) mass is 255 g/mol. The Balaban J connectivity index is 2.26. The second kappa shape index (κ2) is 4.31. The molecule has 0 bridgehead atoms. The summed E-state index contributed by atoms with van der Waals surface area (Å²) in [5.41, 5.74) is 6.58. The van der Waals surface area contributed by atoms with E-state index in [1.54, 1.807) is 6.20 Å². The van der Waals surface area contributed by atoms with Gasteiger partial charge in [-0.05, 0) is 32.5 Å². The summed E-state index contributed by atoms with van der Waals surface area (Å²) in [6.45, 7) is 7.17. The van der Waals surface area contributed by atoms with Gasteiger partial charge >= 0.3 is 0 Å². The highest BCUT2D eigenvalue weighted by Crippen LogP contribution is 2.27. The van der Waals surface area contributed by atoms with Crippen LogP contribution in [0.1, 0.15) is 13.8 Å². The molecule has 0 unspecified atom stereocenters. The van der Waals surface area contributed by atoms with Crippen molar-refractivity contribution in [3.05, 3.63) is 11.5 Å². The van der Waals surface area contributed by atoms with Gasteiger partial charge in [0.2, 0.25) is 5.28 Å². The smallest absolute Gasteiger partial charge is 0.224 e. The van der Waals surface area contributed by atoms with Crippen molar-refractivity contribution in [3.8, 4) is 0 Å². The van der Waals surface area contributed by atoms with Crippen molar-refractivity contribution in [3.63, 3.8) is 0 Å². The second-order valence-electron chi connectivity index (χ2n) is 5.07. The first-order valence-corrected chi connectivity index (χ1v) is 6.02. The molecule has 6 heteroatoms. The number of likely N-dealkylation sites (N-methyl/N-ethyl adjacent to an activating group) is 1. The van der Waals surface area contributed by atoms with E-state index in [1.807, 2.05) is 0 Å². The maximum absolute atomic E-state index is 5.90. The molecule has 1 saturated heterocycles. The first kappa shape index (κ1) is 12.4. The molecular weight excluding hydrogens is 238 g/mol. The number of hydrogen-bond donors (Lipinski definition) is 1. The number of aromatic nitrogens is 2. The molecule has 1 fully saturated rings. The molecule has 1 aliphatic rings. The maximum atomic E-state index is 5.90. The molecular formula is C11H18ClN5. The van der Waals surface area contributed by atoms with Gasteiger partial charge in [-0.25, -0.2) is 4.98 Å². The van der Waals surface area contributed by atoms with Crippen LogP contribution in [-0.4, -0.2) is 47.1 Å². The minimum absolute atomic E-state index is 0.0993. The topological polar surface area (TPSA) is 58.3 Å². The molecule has 1 aromatic heterocycles. The third-order valence-corrected chi connectivity index (χ3v) is 3.56. The van der Waals surface area contributed by atoms with Crippen LogP contribution in [0.3, 0.4) is 0 Å². The van der Waals surface area contributed by atoms with Crippen LogP contribution in [0.15, 0.2) is 6.20 Å². The largest absolute Gasteiger partial charge is 0.394 e. The molecule has 17 heavy (non-hydrogen) atoms. The lowest BCUT2D eigenvalue weighted by atomic mass is 10.00. The minimum Gasteiger partial charge on any atom is -0.394 e. The highest BCUT2D eigenvalue weighted by Gasteiger charge is 2.32. The molecule has 0 amide bonds. The summed E-state index contributed by atoms with van der Waals surface area (Å²) in [6.07, 6.45) is 1.57. The SMILES string of the molecule is CN1CCN(c2nc(Cl)ncc2N)CC1(C)C. The maximum Gasteiger partial charge on any atom is 0.224 e. The molecule has 2 rings (SSSR count). The molecule has 0 spiro atoms. The van der Waals surface area contributed by atoms with Gasteiger partial charge in [0.05, 0.1) is 11.9 Å². The Bertz CT molecular complexity index is 420. The third kappa shape index (κ3) is 2.45. The van der Waals surface area contributed by atoms with Crippen molar-refractivity contribution < 1.29 is 0 Å². The first-order valence-electron chi connectivity index (χ1n) is 5.64. The molecule has 5 nitrogen and oxygen atoms in total. The minimum atomic E-state index is 0.0993. The van der Waals surface area contributed by atoms with E-state index in [0.717, 1.165) is 25.5 Å². The van der Waals surface area contributed by atoms with Gasteiger partial charge in [0, 0.05) is 25.2 Å². The summed E-state index contributed by atoms with van der Waals surface area (Å²) in [7, 11) is 2.13. The third-order valence-electron chi connectivity index (χ3n) is 3.38. The van der Waals surface area contributed by atoms with Crippen LogP contribution in [0.5, 0.6) is 0 Å². The Kier molecular flexibility index (Phi) is 3.14. The second-order valence-corrected chi connectivity index (χ2v) is 5.41. The molecule has 1 aromatic rings. The molecule has 1 aliphatic heterocycles. The van der Waals surface area contributed by atoms with Gasteiger partial charge in [-0.3, -0.25) is 4.90 Å². The summed E-state index contributed by atoms with van der Waals surface area (Å²) < 4.78 is 0. The van der Waals surface area contributed by atoms with Gasteiger partial charge in [-0.15, -0.1) is 0 Å². The average Bonchev–Trinajstić information content (AvgIpc) is 2.25. The van der Waals surface area contributed by atoms with Crippen LogP contribution in [0.25, 0.3) is 0 Å². The van der Waals surface area contributed by atoms with Crippen LogP contribution in [-0.2, 0) is 0 Å². The van der Waals surface area contributed by atoms with Gasteiger partial charge in [0.1, 0.15) is 0 Å². The summed E-state index contributed by atoms with van der Waals surface area (Å²) in [6, 6.07) is 0. The molecule has 2 heterocycles. The molecule has 0 aliphatic carbocycles. The highest BCUT2D eigenvalue weighted by atomic mass is 35.5. The zero-order chi connectivity index (χ0) is 12.6. The van der Waals surface area contributed by atoms with E-state index in [9.17, 15) is 0 Å². The van der Waals surface area contributed by atoms with Crippen molar-refractivity contribution in [2.24, 2.45) is 0 Å². The predicted octanol–water partition coefficient (Wildman–Crippen LogP) is 1.24. The number of piperazine rings is 1. The molecule has 2 N–H and O–H groups in total. The van der Waals surface area contributed by atoms with Crippen molar-refractivity contribution in [1.29, 1.82) is 0 Å². The normalized spacial score (nSPS) is 20.6. The molecule has 0 saturated carbocycles. The summed E-state index contributed by atoms with van der Waals surface area (Å²) in [4.78, 5) is 12.6.